The number of carbonyl (C=O) groups is 1. The first kappa shape index (κ1) is 17.8. The van der Waals surface area contributed by atoms with E-state index >= 15 is 0 Å². The zero-order valence-corrected chi connectivity index (χ0v) is 15.6. The van der Waals surface area contributed by atoms with Gasteiger partial charge in [-0.3, -0.25) is 4.79 Å². The van der Waals surface area contributed by atoms with Crippen molar-refractivity contribution in [2.24, 2.45) is 0 Å². The Bertz CT molecular complexity index is 645. The van der Waals surface area contributed by atoms with Crippen LogP contribution in [0.2, 0.25) is 0 Å². The summed E-state index contributed by atoms with van der Waals surface area (Å²) < 4.78 is 11.7. The third-order valence-electron chi connectivity index (χ3n) is 5.30. The number of allylic oxidation sites excluding steroid dienone is 1. The van der Waals surface area contributed by atoms with E-state index in [2.05, 4.69) is 18.2 Å². The molecule has 4 heteroatoms. The van der Waals surface area contributed by atoms with Crippen LogP contribution < -0.4 is 9.47 Å². The van der Waals surface area contributed by atoms with Crippen molar-refractivity contribution in [3.63, 3.8) is 0 Å². The molecule has 3 rings (SSSR count). The average molecular weight is 343 g/mol. The third kappa shape index (κ3) is 4.36. The van der Waals surface area contributed by atoms with Gasteiger partial charge in [-0.1, -0.05) is 17.7 Å². The minimum Gasteiger partial charge on any atom is -0.493 e. The van der Waals surface area contributed by atoms with Gasteiger partial charge < -0.3 is 14.4 Å². The Kier molecular flexibility index (Phi) is 5.67. The van der Waals surface area contributed by atoms with Crippen molar-refractivity contribution in [1.29, 1.82) is 0 Å². The van der Waals surface area contributed by atoms with Crippen LogP contribution in [0, 0.1) is 0 Å². The topological polar surface area (TPSA) is 38.8 Å². The monoisotopic (exact) mass is 343 g/mol. The number of benzene rings is 1. The summed E-state index contributed by atoms with van der Waals surface area (Å²) in [6, 6.07) is 6.27. The van der Waals surface area contributed by atoms with Gasteiger partial charge in [-0.25, -0.2) is 0 Å². The van der Waals surface area contributed by atoms with E-state index in [1.165, 1.54) is 24.0 Å². The normalized spacial score (nSPS) is 20.4. The molecular weight excluding hydrogens is 314 g/mol. The van der Waals surface area contributed by atoms with Crippen LogP contribution in [0.1, 0.15) is 56.4 Å². The molecule has 2 aliphatic rings. The second-order valence-corrected chi connectivity index (χ2v) is 7.37. The number of ether oxygens (including phenoxy) is 2. The van der Waals surface area contributed by atoms with Gasteiger partial charge in [0.15, 0.2) is 11.5 Å². The summed E-state index contributed by atoms with van der Waals surface area (Å²) in [5.41, 5.74) is 2.50. The van der Waals surface area contributed by atoms with Crippen LogP contribution in [0.25, 0.3) is 0 Å². The van der Waals surface area contributed by atoms with E-state index in [9.17, 15) is 4.79 Å². The molecular formula is C21H29NO3. The molecule has 1 unspecified atom stereocenters. The average Bonchev–Trinajstić information content (AvgIpc) is 3.26. The molecule has 1 atom stereocenters. The molecule has 1 amide bonds. The van der Waals surface area contributed by atoms with E-state index < -0.39 is 0 Å². The number of methoxy groups -OCH3 is 1. The van der Waals surface area contributed by atoms with Crippen molar-refractivity contribution in [2.45, 2.75) is 57.0 Å². The van der Waals surface area contributed by atoms with Gasteiger partial charge in [0.25, 0.3) is 0 Å². The van der Waals surface area contributed by atoms with Crippen LogP contribution in [0.15, 0.2) is 29.8 Å². The first-order valence-corrected chi connectivity index (χ1v) is 9.31. The van der Waals surface area contributed by atoms with Gasteiger partial charge in [0, 0.05) is 26.4 Å². The van der Waals surface area contributed by atoms with Gasteiger partial charge in [0.1, 0.15) is 0 Å². The lowest BCUT2D eigenvalue weighted by Crippen LogP contribution is -2.21. The zero-order chi connectivity index (χ0) is 17.8. The van der Waals surface area contributed by atoms with Crippen molar-refractivity contribution < 1.29 is 14.3 Å². The van der Waals surface area contributed by atoms with Gasteiger partial charge in [-0.05, 0) is 56.2 Å². The van der Waals surface area contributed by atoms with E-state index in [1.807, 2.05) is 20.2 Å². The van der Waals surface area contributed by atoms with Gasteiger partial charge in [-0.15, -0.1) is 0 Å². The van der Waals surface area contributed by atoms with E-state index in [4.69, 9.17) is 9.47 Å². The fourth-order valence-electron chi connectivity index (χ4n) is 3.76. The number of rotatable bonds is 6. The summed E-state index contributed by atoms with van der Waals surface area (Å²) in [5, 5.41) is 0. The maximum Gasteiger partial charge on any atom is 0.226 e. The van der Waals surface area contributed by atoms with Gasteiger partial charge in [-0.2, -0.15) is 0 Å². The molecule has 2 aliphatic carbocycles. The zero-order valence-electron chi connectivity index (χ0n) is 15.6. The number of hydrogen-bond donors (Lipinski definition) is 0. The molecule has 25 heavy (non-hydrogen) atoms. The largest absolute Gasteiger partial charge is 0.493 e. The molecule has 0 N–H and O–H groups in total. The molecule has 0 aliphatic heterocycles. The molecule has 4 nitrogen and oxygen atoms in total. The SMILES string of the molecule is COc1ccc(C2C=C(CC(=O)N(C)C)CC2)cc1OC1CCCC1. The Balaban J connectivity index is 1.73. The second kappa shape index (κ2) is 7.94. The first-order chi connectivity index (χ1) is 12.1. The van der Waals surface area contributed by atoms with Crippen molar-refractivity contribution in [1.82, 2.24) is 4.90 Å². The highest BCUT2D eigenvalue weighted by Crippen LogP contribution is 2.39. The number of amides is 1. The molecule has 136 valence electrons. The second-order valence-electron chi connectivity index (χ2n) is 7.37. The highest BCUT2D eigenvalue weighted by Gasteiger charge is 2.23. The number of carbonyl (C=O) groups excluding carboxylic acids is 1. The lowest BCUT2D eigenvalue weighted by Gasteiger charge is -2.18. The maximum absolute atomic E-state index is 11.9. The molecule has 0 saturated heterocycles. The molecule has 1 aromatic carbocycles. The van der Waals surface area contributed by atoms with Crippen molar-refractivity contribution >= 4 is 5.91 Å². The van der Waals surface area contributed by atoms with Crippen LogP contribution >= 0.6 is 0 Å². The van der Waals surface area contributed by atoms with Crippen LogP contribution in [-0.2, 0) is 4.79 Å². The third-order valence-corrected chi connectivity index (χ3v) is 5.30. The van der Waals surface area contributed by atoms with Crippen LogP contribution in [0.3, 0.4) is 0 Å². The highest BCUT2D eigenvalue weighted by atomic mass is 16.5. The quantitative estimate of drug-likeness (QED) is 0.723. The lowest BCUT2D eigenvalue weighted by atomic mass is 9.98. The predicted molar refractivity (Wildman–Crippen MR) is 99.2 cm³/mol. The Morgan fingerprint density at radius 2 is 1.92 bits per heavy atom. The van der Waals surface area contributed by atoms with Crippen LogP contribution in [0.4, 0.5) is 0 Å². The Labute approximate surface area is 150 Å². The number of hydrogen-bond acceptors (Lipinski definition) is 3. The fourth-order valence-corrected chi connectivity index (χ4v) is 3.76. The number of nitrogens with zero attached hydrogens (tertiary/aromatic N) is 1. The summed E-state index contributed by atoms with van der Waals surface area (Å²) in [7, 11) is 5.31. The summed E-state index contributed by atoms with van der Waals surface area (Å²) in [6.07, 6.45) is 9.94. The van der Waals surface area contributed by atoms with Gasteiger partial charge >= 0.3 is 0 Å². The Morgan fingerprint density at radius 3 is 2.60 bits per heavy atom. The van der Waals surface area contributed by atoms with E-state index in [1.54, 1.807) is 12.0 Å². The summed E-state index contributed by atoms with van der Waals surface area (Å²) in [6.45, 7) is 0. The highest BCUT2D eigenvalue weighted by molar-refractivity contribution is 5.78. The van der Waals surface area contributed by atoms with E-state index in [-0.39, 0.29) is 5.91 Å². The minimum absolute atomic E-state index is 0.173. The molecule has 0 radical (unpaired) electrons. The van der Waals surface area contributed by atoms with E-state index in [0.29, 0.717) is 18.4 Å². The molecule has 1 aromatic rings. The summed E-state index contributed by atoms with van der Waals surface area (Å²) >= 11 is 0. The standard InChI is InChI=1S/C21H29NO3/c1-22(2)21(23)13-15-8-9-16(12-15)17-10-11-19(24-3)20(14-17)25-18-6-4-5-7-18/h10-12,14,16,18H,4-9,13H2,1-3H3. The molecule has 0 bridgehead atoms. The molecule has 0 heterocycles. The molecule has 1 fully saturated rings. The predicted octanol–water partition coefficient (Wildman–Crippen LogP) is 4.30. The fraction of sp³-hybridized carbons (Fsp3) is 0.571. The molecule has 0 spiro atoms. The van der Waals surface area contributed by atoms with Crippen LogP contribution in [-0.4, -0.2) is 38.1 Å². The minimum atomic E-state index is 0.173. The van der Waals surface area contributed by atoms with Crippen molar-refractivity contribution in [3.05, 3.63) is 35.4 Å². The first-order valence-electron chi connectivity index (χ1n) is 9.31. The van der Waals surface area contributed by atoms with E-state index in [0.717, 1.165) is 37.2 Å². The van der Waals surface area contributed by atoms with Gasteiger partial charge in [0.2, 0.25) is 5.91 Å². The van der Waals surface area contributed by atoms with Crippen molar-refractivity contribution in [3.8, 4) is 11.5 Å². The summed E-state index contributed by atoms with van der Waals surface area (Å²) in [4.78, 5) is 13.6. The summed E-state index contributed by atoms with van der Waals surface area (Å²) in [5.74, 6) is 2.20. The smallest absolute Gasteiger partial charge is 0.226 e. The maximum atomic E-state index is 11.9. The Morgan fingerprint density at radius 1 is 1.16 bits per heavy atom. The molecule has 0 aromatic heterocycles. The Hall–Kier alpha value is -1.97. The molecule has 1 saturated carbocycles. The van der Waals surface area contributed by atoms with Gasteiger partial charge in [0.05, 0.1) is 13.2 Å². The van der Waals surface area contributed by atoms with Crippen molar-refractivity contribution in [2.75, 3.05) is 21.2 Å². The lowest BCUT2D eigenvalue weighted by molar-refractivity contribution is -0.127. The van der Waals surface area contributed by atoms with Crippen LogP contribution in [0.5, 0.6) is 11.5 Å².